The zero-order valence-corrected chi connectivity index (χ0v) is 10.4. The first-order chi connectivity index (χ1) is 7.59. The second-order valence-corrected chi connectivity index (χ2v) is 5.11. The fourth-order valence-corrected chi connectivity index (χ4v) is 2.77. The number of aliphatic imine (C=N–C) groups is 1. The molecule has 1 aliphatic rings. The number of hydrogen-bond donors (Lipinski definition) is 1. The average Bonchev–Trinajstić information content (AvgIpc) is 2.64. The van der Waals surface area contributed by atoms with Gasteiger partial charge >= 0.3 is 0 Å². The molecule has 2 N–H and O–H groups in total. The first-order valence-corrected chi connectivity index (χ1v) is 6.28. The van der Waals surface area contributed by atoms with Crippen LogP contribution in [0.4, 0.5) is 0 Å². The number of thioether (sulfide) groups is 1. The van der Waals surface area contributed by atoms with E-state index < -0.39 is 6.04 Å². The van der Waals surface area contributed by atoms with E-state index >= 15 is 0 Å². The highest BCUT2D eigenvalue weighted by molar-refractivity contribution is 8.14. The molecule has 1 atom stereocenters. The van der Waals surface area contributed by atoms with E-state index in [0.717, 1.165) is 0 Å². The Morgan fingerprint density at radius 3 is 2.56 bits per heavy atom. The Balaban J connectivity index is 2.35. The number of benzene rings is 1. The summed E-state index contributed by atoms with van der Waals surface area (Å²) in [7, 11) is 0. The molecule has 0 fully saturated rings. The minimum Gasteiger partial charge on any atom is -0.379 e. The Labute approximate surface area is 107 Å². The Hall–Kier alpha value is -0.710. The molecule has 16 heavy (non-hydrogen) atoms. The third-order valence-electron chi connectivity index (χ3n) is 2.18. The van der Waals surface area contributed by atoms with E-state index in [1.165, 1.54) is 11.8 Å². The second-order valence-electron chi connectivity index (χ2n) is 3.26. The van der Waals surface area contributed by atoms with Gasteiger partial charge in [0.1, 0.15) is 6.04 Å². The standard InChI is InChI=1S/C10H8Cl2N2OS/c11-5-2-1-3-6(12)8(5)9(15)7-4-16-10(13)14-7/h1-3,7H,4H2,(H2,13,14). The summed E-state index contributed by atoms with van der Waals surface area (Å²) in [5, 5.41) is 1.13. The van der Waals surface area contributed by atoms with Gasteiger partial charge in [-0.15, -0.1) is 0 Å². The highest BCUT2D eigenvalue weighted by Crippen LogP contribution is 2.28. The lowest BCUT2D eigenvalue weighted by molar-refractivity contribution is 0.0972. The van der Waals surface area contributed by atoms with Crippen molar-refractivity contribution in [3.05, 3.63) is 33.8 Å². The molecule has 0 bridgehead atoms. The van der Waals surface area contributed by atoms with Crippen molar-refractivity contribution in [2.45, 2.75) is 6.04 Å². The van der Waals surface area contributed by atoms with Crippen LogP contribution in [0.2, 0.25) is 10.0 Å². The maximum absolute atomic E-state index is 12.1. The van der Waals surface area contributed by atoms with Crippen LogP contribution in [-0.2, 0) is 0 Å². The van der Waals surface area contributed by atoms with Crippen molar-refractivity contribution < 1.29 is 4.79 Å². The van der Waals surface area contributed by atoms with Gasteiger partial charge in [-0.05, 0) is 12.1 Å². The number of rotatable bonds is 2. The number of halogens is 2. The molecule has 3 nitrogen and oxygen atoms in total. The molecule has 84 valence electrons. The molecule has 1 aliphatic heterocycles. The molecule has 1 aromatic rings. The van der Waals surface area contributed by atoms with Gasteiger partial charge in [0, 0.05) is 5.75 Å². The first kappa shape index (κ1) is 11.8. The van der Waals surface area contributed by atoms with Crippen LogP contribution in [-0.4, -0.2) is 22.7 Å². The van der Waals surface area contributed by atoms with Gasteiger partial charge in [-0.3, -0.25) is 9.79 Å². The predicted molar refractivity (Wildman–Crippen MR) is 68.7 cm³/mol. The number of hydrogen-bond acceptors (Lipinski definition) is 4. The monoisotopic (exact) mass is 274 g/mol. The van der Waals surface area contributed by atoms with Crippen molar-refractivity contribution in [1.29, 1.82) is 0 Å². The van der Waals surface area contributed by atoms with Gasteiger partial charge < -0.3 is 5.73 Å². The molecule has 1 unspecified atom stereocenters. The number of carbonyl (C=O) groups excluding carboxylic acids is 1. The van der Waals surface area contributed by atoms with Crippen LogP contribution in [0.15, 0.2) is 23.2 Å². The molecule has 0 radical (unpaired) electrons. The molecule has 1 heterocycles. The van der Waals surface area contributed by atoms with Gasteiger partial charge in [-0.1, -0.05) is 41.0 Å². The summed E-state index contributed by atoms with van der Waals surface area (Å²) < 4.78 is 0. The third kappa shape index (κ3) is 2.19. The summed E-state index contributed by atoms with van der Waals surface area (Å²) in [6.45, 7) is 0. The van der Waals surface area contributed by atoms with Crippen LogP contribution in [0, 0.1) is 0 Å². The van der Waals surface area contributed by atoms with Crippen LogP contribution in [0.25, 0.3) is 0 Å². The lowest BCUT2D eigenvalue weighted by atomic mass is 10.1. The molecule has 6 heteroatoms. The SMILES string of the molecule is NC1=NC(C(=O)c2c(Cl)cccc2Cl)CS1. The summed E-state index contributed by atoms with van der Waals surface area (Å²) >= 11 is 13.3. The van der Waals surface area contributed by atoms with Gasteiger partial charge in [-0.25, -0.2) is 0 Å². The smallest absolute Gasteiger partial charge is 0.191 e. The molecule has 0 saturated heterocycles. The van der Waals surface area contributed by atoms with E-state index in [9.17, 15) is 4.79 Å². The zero-order valence-electron chi connectivity index (χ0n) is 8.11. The van der Waals surface area contributed by atoms with Crippen molar-refractivity contribution >= 4 is 45.9 Å². The van der Waals surface area contributed by atoms with Crippen molar-refractivity contribution in [2.75, 3.05) is 5.75 Å². The Kier molecular flexibility index (Phi) is 3.42. The van der Waals surface area contributed by atoms with Crippen LogP contribution >= 0.6 is 35.0 Å². The summed E-state index contributed by atoms with van der Waals surface area (Å²) in [5.41, 5.74) is 5.84. The number of nitrogens with two attached hydrogens (primary N) is 1. The Morgan fingerprint density at radius 1 is 1.44 bits per heavy atom. The Bertz CT molecular complexity index is 456. The molecule has 0 aliphatic carbocycles. The van der Waals surface area contributed by atoms with E-state index in [2.05, 4.69) is 4.99 Å². The van der Waals surface area contributed by atoms with E-state index in [0.29, 0.717) is 26.5 Å². The molecule has 0 saturated carbocycles. The van der Waals surface area contributed by atoms with Crippen molar-refractivity contribution in [1.82, 2.24) is 0 Å². The predicted octanol–water partition coefficient (Wildman–Crippen LogP) is 2.61. The molecular weight excluding hydrogens is 267 g/mol. The van der Waals surface area contributed by atoms with Gasteiger partial charge in [0.2, 0.25) is 0 Å². The summed E-state index contributed by atoms with van der Waals surface area (Å²) in [5.74, 6) is 0.371. The van der Waals surface area contributed by atoms with Crippen molar-refractivity contribution in [3.8, 4) is 0 Å². The summed E-state index contributed by atoms with van der Waals surface area (Å²) in [6.07, 6.45) is 0. The van der Waals surface area contributed by atoms with Gasteiger partial charge in [0.15, 0.2) is 11.0 Å². The summed E-state index contributed by atoms with van der Waals surface area (Å²) in [4.78, 5) is 16.1. The molecule has 0 amide bonds. The van der Waals surface area contributed by atoms with Crippen LogP contribution < -0.4 is 5.73 Å². The van der Waals surface area contributed by atoms with Crippen LogP contribution in [0.5, 0.6) is 0 Å². The molecule has 0 aromatic heterocycles. The summed E-state index contributed by atoms with van der Waals surface area (Å²) in [6, 6.07) is 4.50. The van der Waals surface area contributed by atoms with Gasteiger partial charge in [0.25, 0.3) is 0 Å². The first-order valence-electron chi connectivity index (χ1n) is 4.54. The van der Waals surface area contributed by atoms with Gasteiger partial charge in [0.05, 0.1) is 15.6 Å². The zero-order chi connectivity index (χ0) is 11.7. The second kappa shape index (κ2) is 4.65. The highest BCUT2D eigenvalue weighted by atomic mass is 35.5. The number of ketones is 1. The fourth-order valence-electron chi connectivity index (χ4n) is 1.43. The number of nitrogens with zero attached hydrogens (tertiary/aromatic N) is 1. The van der Waals surface area contributed by atoms with E-state index in [1.807, 2.05) is 0 Å². The maximum Gasteiger partial charge on any atom is 0.191 e. The Morgan fingerprint density at radius 2 is 2.06 bits per heavy atom. The molecular formula is C10H8Cl2N2OS. The minimum absolute atomic E-state index is 0.177. The number of amidine groups is 1. The largest absolute Gasteiger partial charge is 0.379 e. The third-order valence-corrected chi connectivity index (χ3v) is 3.70. The van der Waals surface area contributed by atoms with Crippen molar-refractivity contribution in [3.63, 3.8) is 0 Å². The lowest BCUT2D eigenvalue weighted by Gasteiger charge is -2.08. The number of Topliss-reactive ketones (excluding diaryl/α,β-unsaturated/α-hetero) is 1. The topological polar surface area (TPSA) is 55.4 Å². The molecule has 0 spiro atoms. The van der Waals surface area contributed by atoms with Crippen LogP contribution in [0.1, 0.15) is 10.4 Å². The average molecular weight is 275 g/mol. The molecule has 1 aromatic carbocycles. The van der Waals surface area contributed by atoms with E-state index in [4.69, 9.17) is 28.9 Å². The lowest BCUT2D eigenvalue weighted by Crippen LogP contribution is -2.19. The van der Waals surface area contributed by atoms with Gasteiger partial charge in [-0.2, -0.15) is 0 Å². The minimum atomic E-state index is -0.470. The quantitative estimate of drug-likeness (QED) is 0.844. The normalized spacial score (nSPS) is 19.6. The highest BCUT2D eigenvalue weighted by Gasteiger charge is 2.27. The molecule has 2 rings (SSSR count). The fraction of sp³-hybridized carbons (Fsp3) is 0.200. The van der Waals surface area contributed by atoms with Crippen LogP contribution in [0.3, 0.4) is 0 Å². The maximum atomic E-state index is 12.1. The van der Waals surface area contributed by atoms with E-state index in [-0.39, 0.29) is 5.78 Å². The van der Waals surface area contributed by atoms with E-state index in [1.54, 1.807) is 18.2 Å². The van der Waals surface area contributed by atoms with Crippen molar-refractivity contribution in [2.24, 2.45) is 10.7 Å². The number of carbonyl (C=O) groups is 1.